The number of carbonyl (C=O) groups is 1. The van der Waals surface area contributed by atoms with Crippen LogP contribution < -0.4 is 5.73 Å². The molecule has 1 fully saturated rings. The first-order valence-electron chi connectivity index (χ1n) is 6.87. The Labute approximate surface area is 109 Å². The van der Waals surface area contributed by atoms with Gasteiger partial charge in [-0.1, -0.05) is 19.8 Å². The predicted octanol–water partition coefficient (Wildman–Crippen LogP) is 2.25. The Hall–Kier alpha value is -0.220. The fourth-order valence-corrected chi connectivity index (χ4v) is 3.31. The number of nitrogens with zero attached hydrogens (tertiary/aromatic N) is 1. The number of carbonyl (C=O) groups excluding carboxylic acids is 1. The Bertz CT molecular complexity index is 223. The summed E-state index contributed by atoms with van der Waals surface area (Å²) in [5.41, 5.74) is 5.44. The Morgan fingerprint density at radius 3 is 2.82 bits per heavy atom. The van der Waals surface area contributed by atoms with Crippen LogP contribution in [0.2, 0.25) is 0 Å². The minimum Gasteiger partial charge on any atom is -0.341 e. The summed E-state index contributed by atoms with van der Waals surface area (Å²) in [6.07, 6.45) is 6.32. The monoisotopic (exact) mass is 258 g/mol. The van der Waals surface area contributed by atoms with Crippen LogP contribution in [-0.4, -0.2) is 41.4 Å². The average Bonchev–Trinajstić information content (AvgIpc) is 2.38. The van der Waals surface area contributed by atoms with E-state index in [-0.39, 0.29) is 0 Å². The van der Waals surface area contributed by atoms with Crippen LogP contribution >= 0.6 is 11.8 Å². The first-order valence-corrected chi connectivity index (χ1v) is 7.92. The SMILES string of the molecule is CCC1CN(C(=O)CCCCCCN)CCS1. The van der Waals surface area contributed by atoms with Gasteiger partial charge in [-0.25, -0.2) is 0 Å². The molecule has 0 aliphatic carbocycles. The first kappa shape index (κ1) is 14.8. The summed E-state index contributed by atoms with van der Waals surface area (Å²) in [6, 6.07) is 0. The maximum absolute atomic E-state index is 12.0. The smallest absolute Gasteiger partial charge is 0.222 e. The lowest BCUT2D eigenvalue weighted by atomic mass is 10.1. The van der Waals surface area contributed by atoms with E-state index in [0.717, 1.165) is 57.5 Å². The maximum atomic E-state index is 12.0. The normalized spacial score (nSPS) is 20.6. The number of rotatable bonds is 7. The molecule has 0 bridgehead atoms. The molecule has 1 saturated heterocycles. The lowest BCUT2D eigenvalue weighted by molar-refractivity contribution is -0.131. The highest BCUT2D eigenvalue weighted by Gasteiger charge is 2.22. The van der Waals surface area contributed by atoms with Crippen molar-refractivity contribution in [1.29, 1.82) is 0 Å². The van der Waals surface area contributed by atoms with E-state index in [1.807, 2.05) is 11.8 Å². The van der Waals surface area contributed by atoms with Gasteiger partial charge in [-0.2, -0.15) is 11.8 Å². The number of hydrogen-bond donors (Lipinski definition) is 1. The second-order valence-electron chi connectivity index (χ2n) is 4.69. The van der Waals surface area contributed by atoms with Gasteiger partial charge in [-0.05, 0) is 25.8 Å². The van der Waals surface area contributed by atoms with Gasteiger partial charge in [0.15, 0.2) is 0 Å². The molecule has 0 saturated carbocycles. The molecule has 100 valence electrons. The summed E-state index contributed by atoms with van der Waals surface area (Å²) in [6.45, 7) is 4.89. The average molecular weight is 258 g/mol. The van der Waals surface area contributed by atoms with Crippen LogP contribution in [0, 0.1) is 0 Å². The third kappa shape index (κ3) is 5.77. The molecule has 1 aliphatic rings. The molecule has 0 aromatic heterocycles. The molecule has 0 spiro atoms. The minimum atomic E-state index is 0.358. The van der Waals surface area contributed by atoms with Crippen molar-refractivity contribution >= 4 is 17.7 Å². The van der Waals surface area contributed by atoms with E-state index in [1.54, 1.807) is 0 Å². The summed E-state index contributed by atoms with van der Waals surface area (Å²) >= 11 is 2.01. The van der Waals surface area contributed by atoms with E-state index in [1.165, 1.54) is 6.42 Å². The zero-order valence-corrected chi connectivity index (χ0v) is 11.8. The molecule has 17 heavy (non-hydrogen) atoms. The lowest BCUT2D eigenvalue weighted by Crippen LogP contribution is -2.41. The molecular formula is C13H26N2OS. The summed E-state index contributed by atoms with van der Waals surface area (Å²) in [5.74, 6) is 1.47. The molecule has 1 heterocycles. The Morgan fingerprint density at radius 1 is 1.35 bits per heavy atom. The Morgan fingerprint density at radius 2 is 2.12 bits per heavy atom. The van der Waals surface area contributed by atoms with Gasteiger partial charge in [0.25, 0.3) is 0 Å². The van der Waals surface area contributed by atoms with Crippen molar-refractivity contribution in [2.24, 2.45) is 5.73 Å². The maximum Gasteiger partial charge on any atom is 0.222 e. The number of unbranched alkanes of at least 4 members (excludes halogenated alkanes) is 3. The van der Waals surface area contributed by atoms with Gasteiger partial charge in [0.1, 0.15) is 0 Å². The van der Waals surface area contributed by atoms with E-state index in [9.17, 15) is 4.79 Å². The van der Waals surface area contributed by atoms with Crippen LogP contribution in [0.1, 0.15) is 45.4 Å². The van der Waals surface area contributed by atoms with Crippen molar-refractivity contribution in [3.05, 3.63) is 0 Å². The highest BCUT2D eigenvalue weighted by atomic mass is 32.2. The van der Waals surface area contributed by atoms with Crippen LogP contribution in [0.3, 0.4) is 0 Å². The molecule has 0 aromatic rings. The largest absolute Gasteiger partial charge is 0.341 e. The summed E-state index contributed by atoms with van der Waals surface area (Å²) < 4.78 is 0. The number of thioether (sulfide) groups is 1. The zero-order chi connectivity index (χ0) is 12.5. The van der Waals surface area contributed by atoms with Crippen molar-refractivity contribution in [1.82, 2.24) is 4.90 Å². The lowest BCUT2D eigenvalue weighted by Gasteiger charge is -2.32. The summed E-state index contributed by atoms with van der Waals surface area (Å²) in [5, 5.41) is 0.657. The highest BCUT2D eigenvalue weighted by molar-refractivity contribution is 8.00. The van der Waals surface area contributed by atoms with E-state index < -0.39 is 0 Å². The van der Waals surface area contributed by atoms with Crippen LogP contribution in [0.15, 0.2) is 0 Å². The second kappa shape index (κ2) is 8.81. The van der Waals surface area contributed by atoms with Gasteiger partial charge >= 0.3 is 0 Å². The van der Waals surface area contributed by atoms with E-state index in [0.29, 0.717) is 11.2 Å². The van der Waals surface area contributed by atoms with Crippen molar-refractivity contribution in [2.75, 3.05) is 25.4 Å². The van der Waals surface area contributed by atoms with Gasteiger partial charge in [0.2, 0.25) is 5.91 Å². The van der Waals surface area contributed by atoms with E-state index >= 15 is 0 Å². The zero-order valence-electron chi connectivity index (χ0n) is 11.0. The summed E-state index contributed by atoms with van der Waals surface area (Å²) in [4.78, 5) is 14.0. The second-order valence-corrected chi connectivity index (χ2v) is 6.10. The molecule has 3 nitrogen and oxygen atoms in total. The van der Waals surface area contributed by atoms with E-state index in [2.05, 4.69) is 11.8 Å². The Balaban J connectivity index is 2.14. The predicted molar refractivity (Wildman–Crippen MR) is 75.3 cm³/mol. The standard InChI is InChI=1S/C13H26N2OS/c1-2-12-11-15(9-10-17-12)13(16)7-5-3-4-6-8-14/h12H,2-11,14H2,1H3. The van der Waals surface area contributed by atoms with E-state index in [4.69, 9.17) is 5.73 Å². The Kier molecular flexibility index (Phi) is 7.69. The van der Waals surface area contributed by atoms with Crippen LogP contribution in [0.5, 0.6) is 0 Å². The molecule has 1 atom stereocenters. The molecule has 0 radical (unpaired) electrons. The van der Waals surface area contributed by atoms with Crippen LogP contribution in [0.25, 0.3) is 0 Å². The van der Waals surface area contributed by atoms with Gasteiger partial charge in [0, 0.05) is 30.5 Å². The first-order chi connectivity index (χ1) is 8.27. The van der Waals surface area contributed by atoms with Crippen molar-refractivity contribution in [2.45, 2.75) is 50.7 Å². The highest BCUT2D eigenvalue weighted by Crippen LogP contribution is 2.21. The van der Waals surface area contributed by atoms with Gasteiger partial charge in [-0.15, -0.1) is 0 Å². The third-order valence-electron chi connectivity index (χ3n) is 3.29. The molecular weight excluding hydrogens is 232 g/mol. The fourth-order valence-electron chi connectivity index (χ4n) is 2.13. The fraction of sp³-hybridized carbons (Fsp3) is 0.923. The molecule has 0 aromatic carbocycles. The minimum absolute atomic E-state index is 0.358. The number of hydrogen-bond acceptors (Lipinski definition) is 3. The van der Waals surface area contributed by atoms with Gasteiger partial charge in [0.05, 0.1) is 0 Å². The molecule has 1 amide bonds. The van der Waals surface area contributed by atoms with Crippen molar-refractivity contribution < 1.29 is 4.79 Å². The summed E-state index contributed by atoms with van der Waals surface area (Å²) in [7, 11) is 0. The molecule has 1 unspecified atom stereocenters. The van der Waals surface area contributed by atoms with Crippen molar-refractivity contribution in [3.63, 3.8) is 0 Å². The number of nitrogens with two attached hydrogens (primary N) is 1. The van der Waals surface area contributed by atoms with Crippen LogP contribution in [0.4, 0.5) is 0 Å². The van der Waals surface area contributed by atoms with Gasteiger partial charge < -0.3 is 10.6 Å². The molecule has 1 aliphatic heterocycles. The third-order valence-corrected chi connectivity index (χ3v) is 4.66. The molecule has 1 rings (SSSR count). The quantitative estimate of drug-likeness (QED) is 0.712. The van der Waals surface area contributed by atoms with Gasteiger partial charge in [-0.3, -0.25) is 4.79 Å². The topological polar surface area (TPSA) is 46.3 Å². The van der Waals surface area contributed by atoms with Crippen LogP contribution in [-0.2, 0) is 4.79 Å². The molecule has 4 heteroatoms. The number of amides is 1. The van der Waals surface area contributed by atoms with Crippen molar-refractivity contribution in [3.8, 4) is 0 Å². The molecule has 2 N–H and O–H groups in total.